The highest BCUT2D eigenvalue weighted by atomic mass is 79.9. The quantitative estimate of drug-likeness (QED) is 0.716. The first-order valence-electron chi connectivity index (χ1n) is 6.10. The topological polar surface area (TPSA) is 24.9 Å². The maximum atomic E-state index is 4.45. The van der Waals surface area contributed by atoms with E-state index in [2.05, 4.69) is 63.5 Å². The Bertz CT molecular complexity index is 738. The highest BCUT2D eigenvalue weighted by Gasteiger charge is 2.02. The van der Waals surface area contributed by atoms with Crippen molar-refractivity contribution in [2.75, 3.05) is 5.32 Å². The number of nitrogens with zero attached hydrogens (tertiary/aromatic N) is 1. The van der Waals surface area contributed by atoms with E-state index in [0.29, 0.717) is 0 Å². The van der Waals surface area contributed by atoms with E-state index < -0.39 is 0 Å². The average molecular weight is 313 g/mol. The monoisotopic (exact) mass is 312 g/mol. The molecule has 1 N–H and O–H groups in total. The minimum atomic E-state index is 0.989. The summed E-state index contributed by atoms with van der Waals surface area (Å²) in [6, 6.07) is 16.5. The second kappa shape index (κ2) is 5.02. The van der Waals surface area contributed by atoms with Crippen molar-refractivity contribution >= 4 is 38.2 Å². The van der Waals surface area contributed by atoms with Crippen molar-refractivity contribution in [1.29, 1.82) is 0 Å². The molecule has 19 heavy (non-hydrogen) atoms. The van der Waals surface area contributed by atoms with Crippen LogP contribution in [0.1, 0.15) is 5.56 Å². The van der Waals surface area contributed by atoms with Crippen LogP contribution in [0.2, 0.25) is 0 Å². The van der Waals surface area contributed by atoms with Crippen molar-refractivity contribution in [2.45, 2.75) is 6.92 Å². The number of hydrogen-bond acceptors (Lipinski definition) is 2. The number of hydrogen-bond donors (Lipinski definition) is 1. The smallest absolute Gasteiger partial charge is 0.0703 e. The van der Waals surface area contributed by atoms with Gasteiger partial charge in [0.25, 0.3) is 0 Å². The molecule has 0 aliphatic carbocycles. The first kappa shape index (κ1) is 12.2. The second-order valence-corrected chi connectivity index (χ2v) is 5.38. The van der Waals surface area contributed by atoms with Crippen LogP contribution in [-0.4, -0.2) is 4.98 Å². The Morgan fingerprint density at radius 3 is 2.74 bits per heavy atom. The van der Waals surface area contributed by atoms with Crippen molar-refractivity contribution < 1.29 is 0 Å². The van der Waals surface area contributed by atoms with E-state index in [1.165, 1.54) is 5.56 Å². The minimum absolute atomic E-state index is 0.989. The summed E-state index contributed by atoms with van der Waals surface area (Å²) in [5, 5.41) is 4.52. The van der Waals surface area contributed by atoms with E-state index in [0.717, 1.165) is 26.8 Å². The number of rotatable bonds is 2. The highest BCUT2D eigenvalue weighted by molar-refractivity contribution is 9.10. The van der Waals surface area contributed by atoms with Crippen LogP contribution < -0.4 is 5.32 Å². The van der Waals surface area contributed by atoms with E-state index in [9.17, 15) is 0 Å². The first-order chi connectivity index (χ1) is 9.22. The maximum absolute atomic E-state index is 4.45. The van der Waals surface area contributed by atoms with Gasteiger partial charge < -0.3 is 5.32 Å². The molecular formula is C16H13BrN2. The number of aromatic nitrogens is 1. The van der Waals surface area contributed by atoms with Gasteiger partial charge in [-0.2, -0.15) is 0 Å². The molecule has 0 fully saturated rings. The largest absolute Gasteiger partial charge is 0.353 e. The van der Waals surface area contributed by atoms with Gasteiger partial charge in [0.2, 0.25) is 0 Å². The summed E-state index contributed by atoms with van der Waals surface area (Å²) in [6.45, 7) is 2.08. The Labute approximate surface area is 120 Å². The third-order valence-corrected chi connectivity index (χ3v) is 3.65. The van der Waals surface area contributed by atoms with Crippen molar-refractivity contribution in [3.8, 4) is 0 Å². The standard InChI is InChI=1S/C16H13BrN2/c1-11-6-7-16(14(17)8-11)19-13-9-12-4-2-3-5-15(12)18-10-13/h2-10,19H,1H3. The fourth-order valence-corrected chi connectivity index (χ4v) is 2.61. The van der Waals surface area contributed by atoms with Gasteiger partial charge in [-0.15, -0.1) is 0 Å². The molecule has 2 nitrogen and oxygen atoms in total. The SMILES string of the molecule is Cc1ccc(Nc2cnc3ccccc3c2)c(Br)c1. The normalized spacial score (nSPS) is 10.6. The van der Waals surface area contributed by atoms with Crippen LogP contribution in [0.25, 0.3) is 10.9 Å². The summed E-state index contributed by atoms with van der Waals surface area (Å²) in [6.07, 6.45) is 1.86. The molecule has 1 heterocycles. The Morgan fingerprint density at radius 1 is 1.05 bits per heavy atom. The third-order valence-electron chi connectivity index (χ3n) is 2.99. The number of halogens is 1. The molecule has 3 aromatic rings. The van der Waals surface area contributed by atoms with Crippen molar-refractivity contribution in [3.63, 3.8) is 0 Å². The van der Waals surface area contributed by atoms with Gasteiger partial charge in [-0.1, -0.05) is 24.3 Å². The molecule has 0 aliphatic rings. The first-order valence-corrected chi connectivity index (χ1v) is 6.90. The molecular weight excluding hydrogens is 300 g/mol. The molecule has 0 spiro atoms. The van der Waals surface area contributed by atoms with Crippen molar-refractivity contribution in [2.24, 2.45) is 0 Å². The molecule has 1 aromatic heterocycles. The third kappa shape index (κ3) is 2.61. The Balaban J connectivity index is 1.96. The summed E-state index contributed by atoms with van der Waals surface area (Å²) in [4.78, 5) is 4.45. The molecule has 0 amide bonds. The predicted molar refractivity (Wildman–Crippen MR) is 83.9 cm³/mol. The summed E-state index contributed by atoms with van der Waals surface area (Å²) in [5.41, 5.74) is 4.27. The van der Waals surface area contributed by atoms with Crippen LogP contribution in [0.3, 0.4) is 0 Å². The number of anilines is 2. The number of benzene rings is 2. The van der Waals surface area contributed by atoms with Gasteiger partial charge in [-0.05, 0) is 52.7 Å². The molecule has 0 saturated carbocycles. The van der Waals surface area contributed by atoms with Crippen LogP contribution >= 0.6 is 15.9 Å². The van der Waals surface area contributed by atoms with E-state index in [1.807, 2.05) is 24.4 Å². The summed E-state index contributed by atoms with van der Waals surface area (Å²) < 4.78 is 1.06. The number of pyridine rings is 1. The number of fused-ring (bicyclic) bond motifs is 1. The summed E-state index contributed by atoms with van der Waals surface area (Å²) in [7, 11) is 0. The van der Waals surface area contributed by atoms with Gasteiger partial charge in [0.05, 0.1) is 23.1 Å². The Hall–Kier alpha value is -1.87. The molecule has 0 radical (unpaired) electrons. The van der Waals surface area contributed by atoms with Gasteiger partial charge in [-0.25, -0.2) is 0 Å². The summed E-state index contributed by atoms with van der Waals surface area (Å²) >= 11 is 3.57. The lowest BCUT2D eigenvalue weighted by atomic mass is 10.2. The lowest BCUT2D eigenvalue weighted by Gasteiger charge is -2.09. The van der Waals surface area contributed by atoms with Gasteiger partial charge in [-0.3, -0.25) is 4.98 Å². The lowest BCUT2D eigenvalue weighted by Crippen LogP contribution is -1.93. The molecule has 3 rings (SSSR count). The Morgan fingerprint density at radius 2 is 1.89 bits per heavy atom. The fraction of sp³-hybridized carbons (Fsp3) is 0.0625. The molecule has 0 saturated heterocycles. The molecule has 94 valence electrons. The molecule has 3 heteroatoms. The predicted octanol–water partition coefficient (Wildman–Crippen LogP) is 5.05. The van der Waals surface area contributed by atoms with Gasteiger partial charge in [0.15, 0.2) is 0 Å². The zero-order valence-electron chi connectivity index (χ0n) is 10.5. The lowest BCUT2D eigenvalue weighted by molar-refractivity contribution is 1.38. The van der Waals surface area contributed by atoms with Crippen LogP contribution in [0.15, 0.2) is 59.2 Å². The molecule has 0 atom stereocenters. The van der Waals surface area contributed by atoms with Crippen molar-refractivity contribution in [1.82, 2.24) is 4.98 Å². The molecule has 0 unspecified atom stereocenters. The van der Waals surface area contributed by atoms with E-state index in [1.54, 1.807) is 0 Å². The minimum Gasteiger partial charge on any atom is -0.353 e. The van der Waals surface area contributed by atoms with Crippen LogP contribution in [0, 0.1) is 6.92 Å². The summed E-state index contributed by atoms with van der Waals surface area (Å²) in [5.74, 6) is 0. The zero-order valence-corrected chi connectivity index (χ0v) is 12.1. The molecule has 2 aromatic carbocycles. The number of para-hydroxylation sites is 1. The van der Waals surface area contributed by atoms with Crippen LogP contribution in [0.5, 0.6) is 0 Å². The van der Waals surface area contributed by atoms with Gasteiger partial charge >= 0.3 is 0 Å². The molecule has 0 aliphatic heterocycles. The Kier molecular flexibility index (Phi) is 3.22. The van der Waals surface area contributed by atoms with Crippen molar-refractivity contribution in [3.05, 3.63) is 64.8 Å². The van der Waals surface area contributed by atoms with E-state index in [-0.39, 0.29) is 0 Å². The number of aryl methyl sites for hydroxylation is 1. The highest BCUT2D eigenvalue weighted by Crippen LogP contribution is 2.27. The zero-order chi connectivity index (χ0) is 13.2. The average Bonchev–Trinajstić information content (AvgIpc) is 2.42. The maximum Gasteiger partial charge on any atom is 0.0703 e. The van der Waals surface area contributed by atoms with Crippen LogP contribution in [-0.2, 0) is 0 Å². The number of nitrogens with one attached hydrogen (secondary N) is 1. The second-order valence-electron chi connectivity index (χ2n) is 4.52. The van der Waals surface area contributed by atoms with Gasteiger partial charge in [0, 0.05) is 9.86 Å². The van der Waals surface area contributed by atoms with E-state index >= 15 is 0 Å². The molecule has 0 bridgehead atoms. The van der Waals surface area contributed by atoms with Gasteiger partial charge in [0.1, 0.15) is 0 Å². The van der Waals surface area contributed by atoms with E-state index in [4.69, 9.17) is 0 Å². The van der Waals surface area contributed by atoms with Crippen LogP contribution in [0.4, 0.5) is 11.4 Å². The fourth-order valence-electron chi connectivity index (χ4n) is 2.02.